The van der Waals surface area contributed by atoms with Crippen molar-refractivity contribution in [3.8, 4) is 24.2 Å². The van der Waals surface area contributed by atoms with Crippen molar-refractivity contribution in [1.82, 2.24) is 5.32 Å². The van der Waals surface area contributed by atoms with Gasteiger partial charge in [0.2, 0.25) is 0 Å². The highest BCUT2D eigenvalue weighted by Gasteiger charge is 2.09. The van der Waals surface area contributed by atoms with E-state index in [1.54, 1.807) is 18.2 Å². The van der Waals surface area contributed by atoms with Crippen LogP contribution >= 0.6 is 22.6 Å². The monoisotopic (exact) mass is 442 g/mol. The minimum Gasteiger partial charge on any atom is -0.480 e. The van der Waals surface area contributed by atoms with Crippen LogP contribution in [0.1, 0.15) is 11.1 Å². The van der Waals surface area contributed by atoms with Crippen LogP contribution in [0.25, 0.3) is 6.08 Å². The summed E-state index contributed by atoms with van der Waals surface area (Å²) in [6.45, 7) is 0.561. The average molecular weight is 442 g/mol. The lowest BCUT2D eigenvalue weighted by Gasteiger charge is -2.07. The molecule has 2 aromatic carbocycles. The minimum atomic E-state index is -0.408. The Morgan fingerprint density at radius 1 is 1.28 bits per heavy atom. The summed E-state index contributed by atoms with van der Waals surface area (Å²) in [7, 11) is 0. The molecule has 2 aromatic rings. The van der Waals surface area contributed by atoms with E-state index < -0.39 is 5.91 Å². The Kier molecular flexibility index (Phi) is 7.06. The van der Waals surface area contributed by atoms with E-state index in [9.17, 15) is 10.1 Å². The summed E-state index contributed by atoms with van der Waals surface area (Å²) < 4.78 is 6.25. The Morgan fingerprint density at radius 3 is 2.68 bits per heavy atom. The van der Waals surface area contributed by atoms with Gasteiger partial charge in [-0.05, 0) is 51.9 Å². The molecular formula is C20H15IN2O2. The van der Waals surface area contributed by atoms with Gasteiger partial charge in [-0.1, -0.05) is 42.3 Å². The second-order valence-electron chi connectivity index (χ2n) is 5.02. The van der Waals surface area contributed by atoms with Crippen LogP contribution in [-0.2, 0) is 11.3 Å². The summed E-state index contributed by atoms with van der Waals surface area (Å²) in [6.07, 6.45) is 6.73. The largest absolute Gasteiger partial charge is 0.480 e. The van der Waals surface area contributed by atoms with Crippen LogP contribution in [0.3, 0.4) is 0 Å². The summed E-state index contributed by atoms with van der Waals surface area (Å²) in [4.78, 5) is 12.2. The van der Waals surface area contributed by atoms with Crippen LogP contribution in [0.2, 0.25) is 0 Å². The molecule has 2 rings (SSSR count). The van der Waals surface area contributed by atoms with Gasteiger partial charge in [0.1, 0.15) is 24.0 Å². The van der Waals surface area contributed by atoms with E-state index in [0.29, 0.717) is 12.3 Å². The average Bonchev–Trinajstić information content (AvgIpc) is 2.64. The first-order valence-corrected chi connectivity index (χ1v) is 8.51. The number of carbonyl (C=O) groups excluding carboxylic acids is 1. The van der Waals surface area contributed by atoms with Crippen molar-refractivity contribution >= 4 is 34.6 Å². The number of hydrogen-bond donors (Lipinski definition) is 1. The highest BCUT2D eigenvalue weighted by molar-refractivity contribution is 14.1. The molecule has 0 aromatic heterocycles. The summed E-state index contributed by atoms with van der Waals surface area (Å²) in [5, 5.41) is 12.0. The lowest BCUT2D eigenvalue weighted by molar-refractivity contribution is -0.117. The molecule has 0 heterocycles. The van der Waals surface area contributed by atoms with Gasteiger partial charge in [-0.2, -0.15) is 5.26 Å². The number of nitriles is 1. The number of halogens is 1. The first-order chi connectivity index (χ1) is 12.1. The maximum atomic E-state index is 12.2. The molecule has 0 saturated carbocycles. The van der Waals surface area contributed by atoms with E-state index in [1.165, 1.54) is 0 Å². The number of rotatable bonds is 6. The molecule has 5 heteroatoms. The first kappa shape index (κ1) is 18.6. The van der Waals surface area contributed by atoms with E-state index in [4.69, 9.17) is 11.2 Å². The number of nitrogens with one attached hydrogen (secondary N) is 1. The van der Waals surface area contributed by atoms with Gasteiger partial charge in [0, 0.05) is 6.54 Å². The van der Waals surface area contributed by atoms with Crippen molar-refractivity contribution in [1.29, 1.82) is 5.26 Å². The van der Waals surface area contributed by atoms with Crippen molar-refractivity contribution in [3.63, 3.8) is 0 Å². The SMILES string of the molecule is C#CCOc1ccc(/C=C(/C#N)C(=O)NCc2ccccc2)cc1I. The molecule has 124 valence electrons. The van der Waals surface area contributed by atoms with Crippen molar-refractivity contribution in [2.75, 3.05) is 6.61 Å². The number of terminal acetylenes is 1. The van der Waals surface area contributed by atoms with Gasteiger partial charge in [-0.3, -0.25) is 4.79 Å². The van der Waals surface area contributed by atoms with Gasteiger partial charge in [0.15, 0.2) is 0 Å². The van der Waals surface area contributed by atoms with Gasteiger partial charge in [-0.15, -0.1) is 6.42 Å². The van der Waals surface area contributed by atoms with Crippen LogP contribution in [0, 0.1) is 27.2 Å². The molecule has 0 aliphatic rings. The fourth-order valence-electron chi connectivity index (χ4n) is 2.03. The second kappa shape index (κ2) is 9.51. The third-order valence-corrected chi connectivity index (χ3v) is 4.08. The van der Waals surface area contributed by atoms with Gasteiger partial charge in [0.05, 0.1) is 3.57 Å². The Morgan fingerprint density at radius 2 is 2.04 bits per heavy atom. The third kappa shape index (κ3) is 5.66. The van der Waals surface area contributed by atoms with Crippen LogP contribution in [0.5, 0.6) is 5.75 Å². The predicted octanol–water partition coefficient (Wildman–Crippen LogP) is 3.53. The van der Waals surface area contributed by atoms with E-state index in [0.717, 1.165) is 14.7 Å². The fraction of sp³-hybridized carbons (Fsp3) is 0.100. The van der Waals surface area contributed by atoms with Crippen LogP contribution < -0.4 is 10.1 Å². The van der Waals surface area contributed by atoms with Crippen molar-refractivity contribution in [2.45, 2.75) is 6.54 Å². The molecule has 0 aliphatic carbocycles. The topological polar surface area (TPSA) is 62.1 Å². The van der Waals surface area contributed by atoms with E-state index in [-0.39, 0.29) is 12.2 Å². The highest BCUT2D eigenvalue weighted by Crippen LogP contribution is 2.23. The molecule has 0 saturated heterocycles. The number of ether oxygens (including phenoxy) is 1. The zero-order valence-corrected chi connectivity index (χ0v) is 15.5. The van der Waals surface area contributed by atoms with Crippen LogP contribution in [0.4, 0.5) is 0 Å². The smallest absolute Gasteiger partial charge is 0.262 e. The summed E-state index contributed by atoms with van der Waals surface area (Å²) in [5.41, 5.74) is 1.76. The maximum absolute atomic E-state index is 12.2. The molecule has 0 aliphatic heterocycles. The Bertz CT molecular complexity index is 862. The molecule has 4 nitrogen and oxygen atoms in total. The zero-order valence-electron chi connectivity index (χ0n) is 13.3. The van der Waals surface area contributed by atoms with E-state index in [2.05, 4.69) is 33.8 Å². The third-order valence-electron chi connectivity index (χ3n) is 3.24. The maximum Gasteiger partial charge on any atom is 0.262 e. The van der Waals surface area contributed by atoms with Crippen LogP contribution in [0.15, 0.2) is 54.1 Å². The summed E-state index contributed by atoms with van der Waals surface area (Å²) in [5.74, 6) is 2.67. The van der Waals surface area contributed by atoms with Gasteiger partial charge >= 0.3 is 0 Å². The Labute approximate surface area is 160 Å². The lowest BCUT2D eigenvalue weighted by Crippen LogP contribution is -2.23. The van der Waals surface area contributed by atoms with Crippen molar-refractivity contribution < 1.29 is 9.53 Å². The molecular weight excluding hydrogens is 427 g/mol. The normalized spacial score (nSPS) is 10.4. The predicted molar refractivity (Wildman–Crippen MR) is 105 cm³/mol. The summed E-state index contributed by atoms with van der Waals surface area (Å²) >= 11 is 2.12. The summed E-state index contributed by atoms with van der Waals surface area (Å²) in [6, 6.07) is 16.8. The molecule has 0 fully saturated rings. The number of amides is 1. The molecule has 0 bridgehead atoms. The van der Waals surface area contributed by atoms with Gasteiger partial charge in [0.25, 0.3) is 5.91 Å². The lowest BCUT2D eigenvalue weighted by atomic mass is 10.1. The van der Waals surface area contributed by atoms with Crippen molar-refractivity contribution in [3.05, 3.63) is 68.8 Å². The number of benzene rings is 2. The molecule has 1 amide bonds. The molecule has 0 radical (unpaired) electrons. The van der Waals surface area contributed by atoms with Gasteiger partial charge < -0.3 is 10.1 Å². The van der Waals surface area contributed by atoms with E-state index >= 15 is 0 Å². The minimum absolute atomic E-state index is 0.0454. The molecule has 0 unspecified atom stereocenters. The molecule has 0 spiro atoms. The van der Waals surface area contributed by atoms with Gasteiger partial charge in [-0.25, -0.2) is 0 Å². The highest BCUT2D eigenvalue weighted by atomic mass is 127. The molecule has 25 heavy (non-hydrogen) atoms. The quantitative estimate of drug-likeness (QED) is 0.322. The Balaban J connectivity index is 2.08. The number of hydrogen-bond acceptors (Lipinski definition) is 3. The van der Waals surface area contributed by atoms with Crippen LogP contribution in [-0.4, -0.2) is 12.5 Å². The Hall–Kier alpha value is -2.77. The number of nitrogens with zero attached hydrogens (tertiary/aromatic N) is 1. The zero-order chi connectivity index (χ0) is 18.1. The van der Waals surface area contributed by atoms with E-state index in [1.807, 2.05) is 42.5 Å². The van der Waals surface area contributed by atoms with Crippen molar-refractivity contribution in [2.24, 2.45) is 0 Å². The molecule has 0 atom stereocenters. The first-order valence-electron chi connectivity index (χ1n) is 7.43. The molecule has 1 N–H and O–H groups in total. The fourth-order valence-corrected chi connectivity index (χ4v) is 2.73. The standard InChI is InChI=1S/C20H15IN2O2/c1-2-10-25-19-9-8-16(12-18(19)21)11-17(13-22)20(24)23-14-15-6-4-3-5-7-15/h1,3-9,11-12H,10,14H2,(H,23,24)/b17-11-. The second-order valence-corrected chi connectivity index (χ2v) is 6.18. The number of carbonyl (C=O) groups is 1.